The van der Waals surface area contributed by atoms with Crippen LogP contribution in [0.1, 0.15) is 32.8 Å². The molecule has 0 aromatic heterocycles. The summed E-state index contributed by atoms with van der Waals surface area (Å²) >= 11 is 6.29. The first-order valence-electron chi connectivity index (χ1n) is 10.5. The lowest BCUT2D eigenvalue weighted by Gasteiger charge is -2.31. The van der Waals surface area contributed by atoms with Crippen LogP contribution < -0.4 is 14.8 Å². The Kier molecular flexibility index (Phi) is 9.47. The van der Waals surface area contributed by atoms with Crippen LogP contribution in [0.5, 0.6) is 11.5 Å². The molecule has 0 saturated carbocycles. The number of ether oxygens (including phenoxy) is 2. The van der Waals surface area contributed by atoms with Gasteiger partial charge in [-0.25, -0.2) is 0 Å². The summed E-state index contributed by atoms with van der Waals surface area (Å²) in [6.07, 6.45) is 0.389. The molecule has 0 unspecified atom stereocenters. The largest absolute Gasteiger partial charge is 0.490 e. The SMILES string of the molecule is CC[C@@H](C(=O)NC(C)C)N(Cc1ccccc1Cl)C(=O)COc1ccc([N+](=O)[O-])c(OC)c1. The third-order valence-corrected chi connectivity index (χ3v) is 5.19. The Morgan fingerprint density at radius 2 is 1.91 bits per heavy atom. The quantitative estimate of drug-likeness (QED) is 0.387. The first kappa shape index (κ1) is 25.9. The Morgan fingerprint density at radius 1 is 1.21 bits per heavy atom. The minimum atomic E-state index is -0.730. The first-order valence-corrected chi connectivity index (χ1v) is 10.8. The highest BCUT2D eigenvalue weighted by molar-refractivity contribution is 6.31. The van der Waals surface area contributed by atoms with Crippen LogP contribution in [-0.4, -0.2) is 47.4 Å². The molecule has 33 heavy (non-hydrogen) atoms. The Morgan fingerprint density at radius 3 is 2.48 bits per heavy atom. The zero-order valence-corrected chi connectivity index (χ0v) is 19.8. The highest BCUT2D eigenvalue weighted by Gasteiger charge is 2.30. The predicted molar refractivity (Wildman–Crippen MR) is 125 cm³/mol. The highest BCUT2D eigenvalue weighted by atomic mass is 35.5. The lowest BCUT2D eigenvalue weighted by Crippen LogP contribution is -2.51. The van der Waals surface area contributed by atoms with Crippen molar-refractivity contribution < 1.29 is 24.0 Å². The third-order valence-electron chi connectivity index (χ3n) is 4.83. The van der Waals surface area contributed by atoms with E-state index in [0.717, 1.165) is 0 Å². The molecule has 2 rings (SSSR count). The fourth-order valence-corrected chi connectivity index (χ4v) is 3.43. The standard InChI is InChI=1S/C23H28ClN3O6/c1-5-19(23(29)25-15(2)3)26(13-16-8-6-7-9-18(16)24)22(28)14-33-17-10-11-20(27(30)31)21(12-17)32-4/h6-12,15,19H,5,13-14H2,1-4H3,(H,25,29)/t19-/m0/s1. The topological polar surface area (TPSA) is 111 Å². The number of nitro groups is 1. The van der Waals surface area contributed by atoms with Crippen molar-refractivity contribution in [3.05, 3.63) is 63.2 Å². The summed E-state index contributed by atoms with van der Waals surface area (Å²) in [5, 5.41) is 14.4. The molecule has 0 saturated heterocycles. The van der Waals surface area contributed by atoms with Crippen LogP contribution in [0.4, 0.5) is 5.69 Å². The minimum Gasteiger partial charge on any atom is -0.490 e. The summed E-state index contributed by atoms with van der Waals surface area (Å²) in [4.78, 5) is 37.9. The fourth-order valence-electron chi connectivity index (χ4n) is 3.24. The van der Waals surface area contributed by atoms with Crippen molar-refractivity contribution in [1.29, 1.82) is 0 Å². The molecule has 2 amide bonds. The maximum absolute atomic E-state index is 13.2. The van der Waals surface area contributed by atoms with Gasteiger partial charge in [-0.3, -0.25) is 19.7 Å². The first-order chi connectivity index (χ1) is 15.7. The van der Waals surface area contributed by atoms with E-state index in [9.17, 15) is 19.7 Å². The number of carbonyl (C=O) groups is 2. The molecule has 178 valence electrons. The van der Waals surface area contributed by atoms with Crippen LogP contribution in [0.25, 0.3) is 0 Å². The van der Waals surface area contributed by atoms with E-state index >= 15 is 0 Å². The normalized spacial score (nSPS) is 11.6. The summed E-state index contributed by atoms with van der Waals surface area (Å²) in [5.74, 6) is -0.466. The number of hydrogen-bond donors (Lipinski definition) is 1. The summed E-state index contributed by atoms with van der Waals surface area (Å²) in [5.41, 5.74) is 0.480. The van der Waals surface area contributed by atoms with Crippen LogP contribution in [0.15, 0.2) is 42.5 Å². The summed E-state index contributed by atoms with van der Waals surface area (Å²) in [6, 6.07) is 10.2. The van der Waals surface area contributed by atoms with Gasteiger partial charge in [0.1, 0.15) is 11.8 Å². The van der Waals surface area contributed by atoms with Gasteiger partial charge in [0.2, 0.25) is 11.7 Å². The van der Waals surface area contributed by atoms with Crippen LogP contribution in [-0.2, 0) is 16.1 Å². The lowest BCUT2D eigenvalue weighted by molar-refractivity contribution is -0.385. The van der Waals surface area contributed by atoms with Gasteiger partial charge >= 0.3 is 5.69 Å². The van der Waals surface area contributed by atoms with E-state index < -0.39 is 16.9 Å². The van der Waals surface area contributed by atoms with E-state index in [1.165, 1.54) is 30.2 Å². The second kappa shape index (κ2) is 12.1. The van der Waals surface area contributed by atoms with Crippen LogP contribution in [0.2, 0.25) is 5.02 Å². The number of nitrogens with one attached hydrogen (secondary N) is 1. The van der Waals surface area contributed by atoms with E-state index in [4.69, 9.17) is 21.1 Å². The number of hydrogen-bond acceptors (Lipinski definition) is 6. The third kappa shape index (κ3) is 7.08. The van der Waals surface area contributed by atoms with Crippen molar-refractivity contribution in [3.63, 3.8) is 0 Å². The average molecular weight is 478 g/mol. The van der Waals surface area contributed by atoms with E-state index in [2.05, 4.69) is 5.32 Å². The molecule has 0 aliphatic rings. The van der Waals surface area contributed by atoms with Crippen molar-refractivity contribution >= 4 is 29.1 Å². The van der Waals surface area contributed by atoms with Crippen LogP contribution in [0.3, 0.4) is 0 Å². The number of amides is 2. The minimum absolute atomic E-state index is 0.0145. The molecule has 10 heteroatoms. The molecule has 0 spiro atoms. The van der Waals surface area contributed by atoms with E-state index in [1.807, 2.05) is 20.8 Å². The Balaban J connectivity index is 2.26. The number of carbonyl (C=O) groups excluding carboxylic acids is 2. The van der Waals surface area contributed by atoms with E-state index in [0.29, 0.717) is 17.0 Å². The summed E-state index contributed by atoms with van der Waals surface area (Å²) in [6.45, 7) is 5.25. The van der Waals surface area contributed by atoms with Gasteiger partial charge in [-0.05, 0) is 38.0 Å². The zero-order chi connectivity index (χ0) is 24.5. The van der Waals surface area contributed by atoms with Crippen LogP contribution >= 0.6 is 11.6 Å². The maximum Gasteiger partial charge on any atom is 0.311 e. The molecule has 0 aliphatic carbocycles. The molecule has 2 aromatic rings. The number of rotatable bonds is 11. The molecular weight excluding hydrogens is 450 g/mol. The number of methoxy groups -OCH3 is 1. The molecule has 0 bridgehead atoms. The fraction of sp³-hybridized carbons (Fsp3) is 0.391. The molecular formula is C23H28ClN3O6. The van der Waals surface area contributed by atoms with E-state index in [1.54, 1.807) is 24.3 Å². The summed E-state index contributed by atoms with van der Waals surface area (Å²) < 4.78 is 10.6. The van der Waals surface area contributed by atoms with Gasteiger partial charge in [0, 0.05) is 29.7 Å². The van der Waals surface area contributed by atoms with Crippen molar-refractivity contribution in [2.45, 2.75) is 45.8 Å². The maximum atomic E-state index is 13.2. The lowest BCUT2D eigenvalue weighted by atomic mass is 10.1. The monoisotopic (exact) mass is 477 g/mol. The van der Waals surface area contributed by atoms with Gasteiger partial charge < -0.3 is 19.7 Å². The molecule has 2 aromatic carbocycles. The molecule has 9 nitrogen and oxygen atoms in total. The van der Waals surface area contributed by atoms with Crippen molar-refractivity contribution in [2.75, 3.05) is 13.7 Å². The zero-order valence-electron chi connectivity index (χ0n) is 19.0. The Hall–Kier alpha value is -3.33. The van der Waals surface area contributed by atoms with Gasteiger partial charge in [0.25, 0.3) is 5.91 Å². The smallest absolute Gasteiger partial charge is 0.311 e. The number of nitrogens with zero attached hydrogens (tertiary/aromatic N) is 2. The Bertz CT molecular complexity index is 998. The molecule has 1 N–H and O–H groups in total. The van der Waals surface area contributed by atoms with Gasteiger partial charge in [-0.2, -0.15) is 0 Å². The number of nitro benzene ring substituents is 1. The molecule has 0 fully saturated rings. The Labute approximate surface area is 197 Å². The van der Waals surface area contributed by atoms with Gasteiger partial charge in [0.05, 0.1) is 12.0 Å². The molecule has 0 aliphatic heterocycles. The van der Waals surface area contributed by atoms with Crippen molar-refractivity contribution in [3.8, 4) is 11.5 Å². The van der Waals surface area contributed by atoms with Crippen molar-refractivity contribution in [1.82, 2.24) is 10.2 Å². The highest BCUT2D eigenvalue weighted by Crippen LogP contribution is 2.31. The predicted octanol–water partition coefficient (Wildman–Crippen LogP) is 3.97. The second-order valence-corrected chi connectivity index (χ2v) is 7.99. The average Bonchev–Trinajstić information content (AvgIpc) is 2.77. The van der Waals surface area contributed by atoms with Crippen molar-refractivity contribution in [2.24, 2.45) is 0 Å². The van der Waals surface area contributed by atoms with Crippen LogP contribution in [0, 0.1) is 10.1 Å². The van der Waals surface area contributed by atoms with Gasteiger partial charge in [0.15, 0.2) is 6.61 Å². The van der Waals surface area contributed by atoms with E-state index in [-0.39, 0.29) is 42.3 Å². The summed E-state index contributed by atoms with van der Waals surface area (Å²) in [7, 11) is 1.31. The second-order valence-electron chi connectivity index (χ2n) is 7.58. The number of benzene rings is 2. The van der Waals surface area contributed by atoms with Gasteiger partial charge in [-0.15, -0.1) is 0 Å². The molecule has 0 radical (unpaired) electrons. The van der Waals surface area contributed by atoms with Gasteiger partial charge in [-0.1, -0.05) is 36.7 Å². The molecule has 0 heterocycles. The number of halogens is 1. The molecule has 1 atom stereocenters.